The highest BCUT2D eigenvalue weighted by atomic mass is 32.2. The summed E-state index contributed by atoms with van der Waals surface area (Å²) in [5.74, 6) is 5.27. The first-order chi connectivity index (χ1) is 10.1. The van der Waals surface area contributed by atoms with Gasteiger partial charge in [0.2, 0.25) is 0 Å². The lowest BCUT2D eigenvalue weighted by molar-refractivity contribution is 0.580. The zero-order valence-electron chi connectivity index (χ0n) is 11.4. The van der Waals surface area contributed by atoms with Crippen LogP contribution in [0, 0.1) is 11.6 Å². The molecule has 0 unspecified atom stereocenters. The zero-order chi connectivity index (χ0) is 15.2. The Kier molecular flexibility index (Phi) is 5.29. The second-order valence-corrected chi connectivity index (χ2v) is 5.00. The molecule has 0 aliphatic heterocycles. The molecule has 0 spiro atoms. The van der Waals surface area contributed by atoms with Crippen molar-refractivity contribution in [3.63, 3.8) is 0 Å². The molecule has 0 atom stereocenters. The summed E-state index contributed by atoms with van der Waals surface area (Å²) >= 11 is 1.39. The van der Waals surface area contributed by atoms with Gasteiger partial charge >= 0.3 is 0 Å². The topological polar surface area (TPSA) is 75.9 Å². The third-order valence-electron chi connectivity index (χ3n) is 2.68. The maximum Gasteiger partial charge on any atom is 0.191 e. The first kappa shape index (κ1) is 15.5. The summed E-state index contributed by atoms with van der Waals surface area (Å²) in [7, 11) is 0. The second kappa shape index (κ2) is 7.19. The van der Waals surface area contributed by atoms with Crippen LogP contribution >= 0.6 is 11.8 Å². The van der Waals surface area contributed by atoms with Gasteiger partial charge in [-0.05, 0) is 30.4 Å². The number of rotatable bonds is 6. The van der Waals surface area contributed by atoms with Gasteiger partial charge in [0.25, 0.3) is 0 Å². The van der Waals surface area contributed by atoms with Crippen molar-refractivity contribution in [2.45, 2.75) is 11.6 Å². The number of nitrogens with two attached hydrogens (primary N) is 1. The number of hydrogen-bond donors (Lipinski definition) is 3. The largest absolute Gasteiger partial charge is 0.370 e. The van der Waals surface area contributed by atoms with Crippen molar-refractivity contribution in [1.82, 2.24) is 9.97 Å². The Labute approximate surface area is 125 Å². The molecule has 2 aromatic rings. The van der Waals surface area contributed by atoms with Gasteiger partial charge in [-0.25, -0.2) is 24.6 Å². The number of nitrogen functional groups attached to an aromatic ring is 1. The van der Waals surface area contributed by atoms with Crippen LogP contribution in [0.5, 0.6) is 0 Å². The highest BCUT2D eigenvalue weighted by molar-refractivity contribution is 7.98. The number of nitrogens with zero attached hydrogens (tertiary/aromatic N) is 2. The highest BCUT2D eigenvalue weighted by Crippen LogP contribution is 2.16. The number of nitrogens with one attached hydrogen (secondary N) is 2. The average molecular weight is 311 g/mol. The molecule has 0 aliphatic rings. The zero-order valence-corrected chi connectivity index (χ0v) is 12.2. The second-order valence-electron chi connectivity index (χ2n) is 4.22. The van der Waals surface area contributed by atoms with Crippen LogP contribution in [0.25, 0.3) is 0 Å². The number of hydrazine groups is 1. The van der Waals surface area contributed by atoms with Gasteiger partial charge in [0.15, 0.2) is 5.16 Å². The molecule has 1 aromatic heterocycles. The van der Waals surface area contributed by atoms with E-state index in [0.717, 1.165) is 6.07 Å². The molecule has 0 saturated carbocycles. The summed E-state index contributed by atoms with van der Waals surface area (Å²) in [6.45, 7) is 0.484. The van der Waals surface area contributed by atoms with Crippen molar-refractivity contribution in [2.75, 3.05) is 23.5 Å². The molecule has 1 aromatic carbocycles. The van der Waals surface area contributed by atoms with E-state index in [1.165, 1.54) is 23.9 Å². The van der Waals surface area contributed by atoms with Gasteiger partial charge in [-0.15, -0.1) is 0 Å². The maximum atomic E-state index is 13.1. The molecule has 8 heteroatoms. The molecule has 0 amide bonds. The number of hydrogen-bond acceptors (Lipinski definition) is 6. The van der Waals surface area contributed by atoms with Crippen molar-refractivity contribution in [3.05, 3.63) is 41.5 Å². The van der Waals surface area contributed by atoms with E-state index in [4.69, 9.17) is 5.84 Å². The monoisotopic (exact) mass is 311 g/mol. The molecule has 0 saturated heterocycles. The summed E-state index contributed by atoms with van der Waals surface area (Å²) in [4.78, 5) is 8.40. The Balaban J connectivity index is 1.99. The molecule has 0 radical (unpaired) electrons. The smallest absolute Gasteiger partial charge is 0.191 e. The molecule has 0 bridgehead atoms. The van der Waals surface area contributed by atoms with Gasteiger partial charge in [-0.2, -0.15) is 0 Å². The summed E-state index contributed by atoms with van der Waals surface area (Å²) in [5.41, 5.74) is 3.04. The Bertz CT molecular complexity index is 581. The quantitative estimate of drug-likeness (QED) is 0.329. The van der Waals surface area contributed by atoms with Crippen molar-refractivity contribution in [2.24, 2.45) is 5.84 Å². The van der Waals surface area contributed by atoms with Crippen LogP contribution < -0.4 is 16.6 Å². The van der Waals surface area contributed by atoms with Crippen LogP contribution in [0.15, 0.2) is 29.4 Å². The normalized spacial score (nSPS) is 10.5. The van der Waals surface area contributed by atoms with Gasteiger partial charge in [0.05, 0.1) is 0 Å². The van der Waals surface area contributed by atoms with E-state index >= 15 is 0 Å². The fourth-order valence-electron chi connectivity index (χ4n) is 1.77. The van der Waals surface area contributed by atoms with E-state index < -0.39 is 11.6 Å². The maximum absolute atomic E-state index is 13.1. The van der Waals surface area contributed by atoms with Gasteiger partial charge < -0.3 is 10.7 Å². The predicted molar refractivity (Wildman–Crippen MR) is 80.2 cm³/mol. The Hall–Kier alpha value is -1.93. The molecule has 112 valence electrons. The SMILES string of the molecule is CSc1nc(NN)cc(NCCc2cc(F)cc(F)c2)n1. The standard InChI is InChI=1S/C13H15F2N5S/c1-21-13-18-11(7-12(19-13)20-16)17-3-2-8-4-9(14)6-10(15)5-8/h4-7H,2-3,16H2,1H3,(H2,17,18,19,20). The number of thioether (sulfide) groups is 1. The number of anilines is 2. The fourth-order valence-corrected chi connectivity index (χ4v) is 2.15. The molecule has 4 N–H and O–H groups in total. The lowest BCUT2D eigenvalue weighted by Gasteiger charge is -2.09. The van der Waals surface area contributed by atoms with Crippen molar-refractivity contribution in [3.8, 4) is 0 Å². The van der Waals surface area contributed by atoms with Gasteiger partial charge in [0.1, 0.15) is 23.3 Å². The number of benzene rings is 1. The predicted octanol–water partition coefficient (Wildman–Crippen LogP) is 2.42. The van der Waals surface area contributed by atoms with Crippen LogP contribution in [0.3, 0.4) is 0 Å². The molecule has 0 fully saturated rings. The summed E-state index contributed by atoms with van der Waals surface area (Å²) in [6, 6.07) is 5.13. The molecule has 21 heavy (non-hydrogen) atoms. The highest BCUT2D eigenvalue weighted by Gasteiger charge is 2.04. The van der Waals surface area contributed by atoms with E-state index in [2.05, 4.69) is 20.7 Å². The van der Waals surface area contributed by atoms with Crippen LogP contribution in [-0.4, -0.2) is 22.8 Å². The first-order valence-corrected chi connectivity index (χ1v) is 7.41. The van der Waals surface area contributed by atoms with Gasteiger partial charge in [0, 0.05) is 18.7 Å². The minimum atomic E-state index is -0.577. The molecule has 0 aliphatic carbocycles. The molecule has 1 heterocycles. The third kappa shape index (κ3) is 4.54. The van der Waals surface area contributed by atoms with Crippen LogP contribution in [0.4, 0.5) is 20.4 Å². The molecular weight excluding hydrogens is 296 g/mol. The minimum absolute atomic E-state index is 0.471. The van der Waals surface area contributed by atoms with E-state index in [1.54, 1.807) is 6.07 Å². The molecule has 5 nitrogen and oxygen atoms in total. The summed E-state index contributed by atoms with van der Waals surface area (Å²) in [6.07, 6.45) is 2.33. The average Bonchev–Trinajstić information content (AvgIpc) is 2.45. The lowest BCUT2D eigenvalue weighted by atomic mass is 10.1. The minimum Gasteiger partial charge on any atom is -0.370 e. The Morgan fingerprint density at radius 2 is 1.76 bits per heavy atom. The van der Waals surface area contributed by atoms with Crippen LogP contribution in [0.1, 0.15) is 5.56 Å². The third-order valence-corrected chi connectivity index (χ3v) is 3.23. The van der Waals surface area contributed by atoms with E-state index in [1.807, 2.05) is 6.26 Å². The Morgan fingerprint density at radius 1 is 1.10 bits per heavy atom. The van der Waals surface area contributed by atoms with E-state index in [-0.39, 0.29) is 0 Å². The van der Waals surface area contributed by atoms with Gasteiger partial charge in [-0.1, -0.05) is 11.8 Å². The molecular formula is C13H15F2N5S. The summed E-state index contributed by atoms with van der Waals surface area (Å²) < 4.78 is 26.1. The molecule has 2 rings (SSSR count). The van der Waals surface area contributed by atoms with Crippen molar-refractivity contribution in [1.29, 1.82) is 0 Å². The fraction of sp³-hybridized carbons (Fsp3) is 0.231. The van der Waals surface area contributed by atoms with E-state index in [9.17, 15) is 8.78 Å². The van der Waals surface area contributed by atoms with Crippen LogP contribution in [0.2, 0.25) is 0 Å². The summed E-state index contributed by atoms with van der Waals surface area (Å²) in [5, 5.41) is 3.65. The number of halogens is 2. The van der Waals surface area contributed by atoms with Crippen molar-refractivity contribution < 1.29 is 8.78 Å². The van der Waals surface area contributed by atoms with Crippen LogP contribution in [-0.2, 0) is 6.42 Å². The van der Waals surface area contributed by atoms with E-state index in [0.29, 0.717) is 35.3 Å². The van der Waals surface area contributed by atoms with Gasteiger partial charge in [-0.3, -0.25) is 0 Å². The Morgan fingerprint density at radius 3 is 2.38 bits per heavy atom. The number of aromatic nitrogens is 2. The van der Waals surface area contributed by atoms with Crippen molar-refractivity contribution >= 4 is 23.4 Å². The lowest BCUT2D eigenvalue weighted by Crippen LogP contribution is -2.12. The first-order valence-electron chi connectivity index (χ1n) is 6.19.